The maximum Gasteiger partial charge on any atom is 0.230 e. The minimum atomic E-state index is 0.117. The molecule has 0 radical (unpaired) electrons. The number of para-hydroxylation sites is 1. The Hall–Kier alpha value is -1.62. The van der Waals surface area contributed by atoms with Crippen molar-refractivity contribution in [2.75, 3.05) is 5.75 Å². The van der Waals surface area contributed by atoms with Crippen molar-refractivity contribution in [3.05, 3.63) is 30.1 Å². The first-order valence-corrected chi connectivity index (χ1v) is 9.86. The number of rotatable bonds is 4. The van der Waals surface area contributed by atoms with Crippen LogP contribution < -0.4 is 5.32 Å². The normalized spacial score (nSPS) is 16.5. The van der Waals surface area contributed by atoms with Crippen LogP contribution in [0.3, 0.4) is 0 Å². The van der Waals surface area contributed by atoms with Crippen LogP contribution in [0.25, 0.3) is 10.9 Å². The predicted molar refractivity (Wildman–Crippen MR) is 99.2 cm³/mol. The monoisotopic (exact) mass is 343 g/mol. The lowest BCUT2D eigenvalue weighted by Gasteiger charge is -2.21. The van der Waals surface area contributed by atoms with Gasteiger partial charge in [-0.15, -0.1) is 0 Å². The van der Waals surface area contributed by atoms with E-state index in [9.17, 15) is 4.79 Å². The Morgan fingerprint density at radius 2 is 1.83 bits per heavy atom. The number of fused-ring (bicyclic) bond motifs is 1. The van der Waals surface area contributed by atoms with Crippen LogP contribution in [0.5, 0.6) is 0 Å². The molecule has 1 aliphatic carbocycles. The quantitative estimate of drug-likeness (QED) is 0.666. The molecule has 1 fully saturated rings. The fourth-order valence-electron chi connectivity index (χ4n) is 3.27. The zero-order chi connectivity index (χ0) is 16.8. The maximum absolute atomic E-state index is 12.3. The molecule has 1 aliphatic rings. The minimum Gasteiger partial charge on any atom is -0.353 e. The molecule has 0 unspecified atom stereocenters. The van der Waals surface area contributed by atoms with Crippen molar-refractivity contribution in [3.63, 3.8) is 0 Å². The number of nitrogens with zero attached hydrogens (tertiary/aromatic N) is 2. The summed E-state index contributed by atoms with van der Waals surface area (Å²) >= 11 is 1.51. The Morgan fingerprint density at radius 1 is 1.12 bits per heavy atom. The van der Waals surface area contributed by atoms with Gasteiger partial charge < -0.3 is 5.32 Å². The first-order valence-electron chi connectivity index (χ1n) is 8.88. The average molecular weight is 343 g/mol. The molecule has 0 spiro atoms. The highest BCUT2D eigenvalue weighted by Crippen LogP contribution is 2.25. The Kier molecular flexibility index (Phi) is 6.07. The number of thioether (sulfide) groups is 1. The van der Waals surface area contributed by atoms with E-state index >= 15 is 0 Å². The number of hydrogen-bond acceptors (Lipinski definition) is 4. The fourth-order valence-corrected chi connectivity index (χ4v) is 4.15. The summed E-state index contributed by atoms with van der Waals surface area (Å²) in [6.45, 7) is 1.89. The number of carbonyl (C=O) groups excluding carboxylic acids is 1. The van der Waals surface area contributed by atoms with Gasteiger partial charge in [0, 0.05) is 11.4 Å². The number of benzene rings is 1. The van der Waals surface area contributed by atoms with Crippen LogP contribution in [0.2, 0.25) is 0 Å². The van der Waals surface area contributed by atoms with Crippen LogP contribution in [0.4, 0.5) is 0 Å². The van der Waals surface area contributed by atoms with Gasteiger partial charge in [-0.25, -0.2) is 9.97 Å². The van der Waals surface area contributed by atoms with Gasteiger partial charge >= 0.3 is 0 Å². The molecule has 0 saturated heterocycles. The van der Waals surface area contributed by atoms with E-state index in [4.69, 9.17) is 0 Å². The Balaban J connectivity index is 1.60. The van der Waals surface area contributed by atoms with Crippen molar-refractivity contribution in [1.82, 2.24) is 15.3 Å². The molecule has 1 saturated carbocycles. The third-order valence-corrected chi connectivity index (χ3v) is 5.48. The van der Waals surface area contributed by atoms with Crippen molar-refractivity contribution < 1.29 is 4.79 Å². The van der Waals surface area contributed by atoms with E-state index in [-0.39, 0.29) is 5.91 Å². The van der Waals surface area contributed by atoms with Gasteiger partial charge in [-0.05, 0) is 25.8 Å². The predicted octanol–water partition coefficient (Wildman–Crippen LogP) is 4.26. The van der Waals surface area contributed by atoms with Crippen molar-refractivity contribution in [2.45, 2.75) is 62.9 Å². The van der Waals surface area contributed by atoms with E-state index in [1.165, 1.54) is 43.9 Å². The molecule has 1 aromatic carbocycles. The van der Waals surface area contributed by atoms with Gasteiger partial charge in [0.1, 0.15) is 10.9 Å². The molecule has 1 heterocycles. The van der Waals surface area contributed by atoms with Crippen LogP contribution >= 0.6 is 11.8 Å². The topological polar surface area (TPSA) is 54.9 Å². The molecule has 1 N–H and O–H groups in total. The first-order chi connectivity index (χ1) is 11.7. The van der Waals surface area contributed by atoms with Gasteiger partial charge in [0.25, 0.3) is 0 Å². The van der Waals surface area contributed by atoms with E-state index in [1.54, 1.807) is 0 Å². The molecule has 5 heteroatoms. The lowest BCUT2D eigenvalue weighted by molar-refractivity contribution is -0.119. The third kappa shape index (κ3) is 4.69. The average Bonchev–Trinajstić information content (AvgIpc) is 2.55. The second kappa shape index (κ2) is 8.47. The van der Waals surface area contributed by atoms with E-state index in [0.29, 0.717) is 11.8 Å². The number of nitrogens with one attached hydrogen (secondary N) is 1. The first kappa shape index (κ1) is 17.2. The summed E-state index contributed by atoms with van der Waals surface area (Å²) in [5.74, 6) is 1.28. The van der Waals surface area contributed by atoms with Gasteiger partial charge in [-0.2, -0.15) is 0 Å². The van der Waals surface area contributed by atoms with Crippen LogP contribution in [0.1, 0.15) is 50.8 Å². The number of aryl methyl sites for hydroxylation is 1. The highest BCUT2D eigenvalue weighted by Gasteiger charge is 2.15. The highest BCUT2D eigenvalue weighted by atomic mass is 32.2. The molecule has 24 heavy (non-hydrogen) atoms. The lowest BCUT2D eigenvalue weighted by Crippen LogP contribution is -2.36. The molecule has 1 amide bonds. The van der Waals surface area contributed by atoms with Crippen LogP contribution in [-0.2, 0) is 4.79 Å². The minimum absolute atomic E-state index is 0.117. The summed E-state index contributed by atoms with van der Waals surface area (Å²) in [4.78, 5) is 21.3. The summed E-state index contributed by atoms with van der Waals surface area (Å²) in [5.41, 5.74) is 0.938. The zero-order valence-corrected chi connectivity index (χ0v) is 15.1. The summed E-state index contributed by atoms with van der Waals surface area (Å²) in [5, 5.41) is 5.13. The number of aromatic nitrogens is 2. The lowest BCUT2D eigenvalue weighted by atomic mass is 9.97. The van der Waals surface area contributed by atoms with Crippen molar-refractivity contribution in [2.24, 2.45) is 0 Å². The van der Waals surface area contributed by atoms with Crippen molar-refractivity contribution >= 4 is 28.6 Å². The number of carbonyl (C=O) groups is 1. The Labute approximate surface area is 147 Å². The standard InChI is InChI=1S/C19H25N3OS/c1-14-20-17-12-8-7-11-16(17)19(21-14)24-13-18(23)22-15-9-5-3-2-4-6-10-15/h7-8,11-12,15H,2-6,9-10,13H2,1H3,(H,22,23). The summed E-state index contributed by atoms with van der Waals surface area (Å²) < 4.78 is 0. The molecule has 2 aromatic rings. The molecule has 0 bridgehead atoms. The highest BCUT2D eigenvalue weighted by molar-refractivity contribution is 8.00. The molecular weight excluding hydrogens is 318 g/mol. The maximum atomic E-state index is 12.3. The van der Waals surface area contributed by atoms with Gasteiger partial charge in [0.05, 0.1) is 11.3 Å². The van der Waals surface area contributed by atoms with E-state index in [1.807, 2.05) is 31.2 Å². The second-order valence-corrected chi connectivity index (χ2v) is 7.46. The van der Waals surface area contributed by atoms with Crippen LogP contribution in [0, 0.1) is 6.92 Å². The molecule has 1 aromatic heterocycles. The van der Waals surface area contributed by atoms with Gasteiger partial charge in [-0.3, -0.25) is 4.79 Å². The molecule has 3 rings (SSSR count). The van der Waals surface area contributed by atoms with E-state index in [2.05, 4.69) is 15.3 Å². The molecule has 128 valence electrons. The molecular formula is C19H25N3OS. The van der Waals surface area contributed by atoms with Crippen LogP contribution in [0.15, 0.2) is 29.3 Å². The van der Waals surface area contributed by atoms with Crippen molar-refractivity contribution in [1.29, 1.82) is 0 Å². The summed E-state index contributed by atoms with van der Waals surface area (Å²) in [6.07, 6.45) is 8.64. The largest absolute Gasteiger partial charge is 0.353 e. The van der Waals surface area contributed by atoms with E-state index in [0.717, 1.165) is 34.6 Å². The Bertz CT molecular complexity index is 696. The van der Waals surface area contributed by atoms with Crippen molar-refractivity contribution in [3.8, 4) is 0 Å². The third-order valence-electron chi connectivity index (χ3n) is 4.49. The van der Waals surface area contributed by atoms with Gasteiger partial charge in [0.2, 0.25) is 5.91 Å². The van der Waals surface area contributed by atoms with E-state index < -0.39 is 0 Å². The van der Waals surface area contributed by atoms with Gasteiger partial charge in [0.15, 0.2) is 0 Å². The molecule has 4 nitrogen and oxygen atoms in total. The van der Waals surface area contributed by atoms with Crippen LogP contribution in [-0.4, -0.2) is 27.7 Å². The zero-order valence-electron chi connectivity index (χ0n) is 14.3. The molecule has 0 aliphatic heterocycles. The second-order valence-electron chi connectivity index (χ2n) is 6.49. The molecule has 0 atom stereocenters. The number of hydrogen-bond donors (Lipinski definition) is 1. The fraction of sp³-hybridized carbons (Fsp3) is 0.526. The number of amides is 1. The smallest absolute Gasteiger partial charge is 0.230 e. The van der Waals surface area contributed by atoms with Gasteiger partial charge in [-0.1, -0.05) is 62.1 Å². The summed E-state index contributed by atoms with van der Waals surface area (Å²) in [7, 11) is 0. The Morgan fingerprint density at radius 3 is 2.62 bits per heavy atom. The SMILES string of the molecule is Cc1nc(SCC(=O)NC2CCCCCCC2)c2ccccc2n1. The summed E-state index contributed by atoms with van der Waals surface area (Å²) in [6, 6.07) is 8.32.